The summed E-state index contributed by atoms with van der Waals surface area (Å²) in [5.74, 6) is 0.561. The van der Waals surface area contributed by atoms with Crippen molar-refractivity contribution < 1.29 is 23.8 Å². The molecule has 8 heteroatoms. The molecule has 1 heterocycles. The first-order valence-corrected chi connectivity index (χ1v) is 11.4. The second kappa shape index (κ2) is 10.9. The third kappa shape index (κ3) is 7.11. The van der Waals surface area contributed by atoms with E-state index in [0.717, 1.165) is 16.7 Å². The minimum atomic E-state index is -0.545. The Kier molecular flexibility index (Phi) is 8.21. The van der Waals surface area contributed by atoms with Gasteiger partial charge in [-0.2, -0.15) is 0 Å². The van der Waals surface area contributed by atoms with Crippen molar-refractivity contribution in [2.45, 2.75) is 33.3 Å². The quantitative estimate of drug-likeness (QED) is 0.614. The van der Waals surface area contributed by atoms with E-state index in [1.54, 1.807) is 26.8 Å². The van der Waals surface area contributed by atoms with Gasteiger partial charge in [0.25, 0.3) is 5.91 Å². The van der Waals surface area contributed by atoms with Gasteiger partial charge in [-0.25, -0.2) is 4.79 Å². The third-order valence-electron chi connectivity index (χ3n) is 5.05. The zero-order valence-corrected chi connectivity index (χ0v) is 20.3. The summed E-state index contributed by atoms with van der Waals surface area (Å²) in [6, 6.07) is 11.3. The molecule has 2 aromatic carbocycles. The molecule has 7 nitrogen and oxygen atoms in total. The fourth-order valence-corrected chi connectivity index (χ4v) is 3.68. The van der Waals surface area contributed by atoms with E-state index in [-0.39, 0.29) is 12.5 Å². The highest BCUT2D eigenvalue weighted by atomic mass is 35.5. The summed E-state index contributed by atoms with van der Waals surface area (Å²) in [5, 5.41) is 3.11. The number of rotatable bonds is 6. The van der Waals surface area contributed by atoms with Gasteiger partial charge >= 0.3 is 6.09 Å². The van der Waals surface area contributed by atoms with Gasteiger partial charge in [0.2, 0.25) is 0 Å². The van der Waals surface area contributed by atoms with E-state index in [1.807, 2.05) is 42.2 Å². The summed E-state index contributed by atoms with van der Waals surface area (Å²) in [5.41, 5.74) is 2.95. The van der Waals surface area contributed by atoms with Gasteiger partial charge in [0.05, 0.1) is 24.8 Å². The number of ether oxygens (including phenoxy) is 3. The van der Waals surface area contributed by atoms with E-state index < -0.39 is 11.7 Å². The summed E-state index contributed by atoms with van der Waals surface area (Å²) in [4.78, 5) is 26.3. The number of benzene rings is 2. The first kappa shape index (κ1) is 24.9. The van der Waals surface area contributed by atoms with Crippen LogP contribution in [0.4, 0.5) is 4.79 Å². The predicted octanol–water partition coefficient (Wildman–Crippen LogP) is 4.69. The maximum absolute atomic E-state index is 12.8. The number of amides is 2. The molecule has 1 N–H and O–H groups in total. The Hall–Kier alpha value is -2.77. The van der Waals surface area contributed by atoms with Crippen molar-refractivity contribution >= 4 is 23.6 Å². The molecule has 0 aromatic heterocycles. The summed E-state index contributed by atoms with van der Waals surface area (Å²) in [6.45, 7) is 10.3. The Morgan fingerprint density at radius 3 is 2.39 bits per heavy atom. The number of carbonyl (C=O) groups is 2. The van der Waals surface area contributed by atoms with Gasteiger partial charge in [-0.15, -0.1) is 0 Å². The summed E-state index contributed by atoms with van der Waals surface area (Å²) < 4.78 is 16.2. The average molecular weight is 475 g/mol. The summed E-state index contributed by atoms with van der Waals surface area (Å²) >= 11 is 6.42. The molecule has 0 spiro atoms. The number of nitrogens with one attached hydrogen (secondary N) is 1. The molecular formula is C25H31ClN2O5. The van der Waals surface area contributed by atoms with Crippen molar-refractivity contribution in [3.63, 3.8) is 0 Å². The largest absolute Gasteiger partial charge is 0.490 e. The Balaban J connectivity index is 1.59. The van der Waals surface area contributed by atoms with Gasteiger partial charge in [0, 0.05) is 18.7 Å². The molecule has 1 fully saturated rings. The van der Waals surface area contributed by atoms with Crippen LogP contribution in [0.5, 0.6) is 5.75 Å². The number of nitrogens with zero attached hydrogens (tertiary/aromatic N) is 1. The van der Waals surface area contributed by atoms with Crippen LogP contribution in [0.3, 0.4) is 0 Å². The number of carbonyl (C=O) groups excluding carboxylic acids is 2. The normalized spacial score (nSPS) is 14.0. The topological polar surface area (TPSA) is 77.1 Å². The number of hydrogen-bond donors (Lipinski definition) is 1. The molecule has 1 aliphatic heterocycles. The van der Waals surface area contributed by atoms with E-state index in [1.165, 1.54) is 0 Å². The molecule has 3 rings (SSSR count). The fraction of sp³-hybridized carbons (Fsp3) is 0.440. The predicted molar refractivity (Wildman–Crippen MR) is 128 cm³/mol. The van der Waals surface area contributed by atoms with Crippen LogP contribution in [0.1, 0.15) is 36.7 Å². The zero-order valence-electron chi connectivity index (χ0n) is 19.6. The van der Waals surface area contributed by atoms with Crippen molar-refractivity contribution in [2.75, 3.05) is 39.5 Å². The Morgan fingerprint density at radius 2 is 1.76 bits per heavy atom. The van der Waals surface area contributed by atoms with Gasteiger partial charge in [0.15, 0.2) is 0 Å². The molecule has 1 saturated heterocycles. The van der Waals surface area contributed by atoms with Crippen LogP contribution in [-0.4, -0.2) is 62.0 Å². The second-order valence-corrected chi connectivity index (χ2v) is 9.26. The lowest BCUT2D eigenvalue weighted by Crippen LogP contribution is -2.40. The van der Waals surface area contributed by atoms with Crippen molar-refractivity contribution in [3.8, 4) is 16.9 Å². The minimum Gasteiger partial charge on any atom is -0.490 e. The number of alkyl carbamates (subject to hydrolysis) is 1. The molecule has 0 atom stereocenters. The smallest absolute Gasteiger partial charge is 0.407 e. The molecule has 178 valence electrons. The Bertz CT molecular complexity index is 997. The van der Waals surface area contributed by atoms with Gasteiger partial charge in [-0.1, -0.05) is 29.8 Å². The molecule has 0 saturated carbocycles. The lowest BCUT2D eigenvalue weighted by Gasteiger charge is -2.27. The van der Waals surface area contributed by atoms with E-state index in [9.17, 15) is 9.59 Å². The van der Waals surface area contributed by atoms with E-state index in [0.29, 0.717) is 49.2 Å². The highest BCUT2D eigenvalue weighted by Gasteiger charge is 2.20. The van der Waals surface area contributed by atoms with E-state index >= 15 is 0 Å². The minimum absolute atomic E-state index is 0.0316. The van der Waals surface area contributed by atoms with Crippen molar-refractivity contribution in [3.05, 3.63) is 52.5 Å². The highest BCUT2D eigenvalue weighted by molar-refractivity contribution is 6.32. The second-order valence-electron chi connectivity index (χ2n) is 8.86. The van der Waals surface area contributed by atoms with Gasteiger partial charge in [-0.3, -0.25) is 4.79 Å². The van der Waals surface area contributed by atoms with Crippen LogP contribution in [-0.2, 0) is 9.47 Å². The number of morpholine rings is 1. The fourth-order valence-electron chi connectivity index (χ4n) is 3.45. The molecule has 0 unspecified atom stereocenters. The van der Waals surface area contributed by atoms with Crippen molar-refractivity contribution in [1.82, 2.24) is 10.2 Å². The number of hydrogen-bond acceptors (Lipinski definition) is 5. The molecule has 0 aliphatic carbocycles. The van der Waals surface area contributed by atoms with Crippen LogP contribution >= 0.6 is 11.6 Å². The van der Waals surface area contributed by atoms with Crippen molar-refractivity contribution in [1.29, 1.82) is 0 Å². The van der Waals surface area contributed by atoms with Gasteiger partial charge in [-0.05, 0) is 62.6 Å². The van der Waals surface area contributed by atoms with Crippen LogP contribution < -0.4 is 10.1 Å². The van der Waals surface area contributed by atoms with Crippen molar-refractivity contribution in [2.24, 2.45) is 0 Å². The van der Waals surface area contributed by atoms with E-state index in [4.69, 9.17) is 25.8 Å². The average Bonchev–Trinajstić information content (AvgIpc) is 2.76. The van der Waals surface area contributed by atoms with E-state index in [2.05, 4.69) is 5.32 Å². The summed E-state index contributed by atoms with van der Waals surface area (Å²) in [6.07, 6.45) is -0.488. The van der Waals surface area contributed by atoms with Crippen LogP contribution in [0.2, 0.25) is 5.02 Å². The molecule has 2 aromatic rings. The number of aryl methyl sites for hydroxylation is 1. The highest BCUT2D eigenvalue weighted by Crippen LogP contribution is 2.31. The molecule has 0 bridgehead atoms. The first-order chi connectivity index (χ1) is 15.6. The zero-order chi connectivity index (χ0) is 24.0. The monoisotopic (exact) mass is 474 g/mol. The molecule has 0 radical (unpaired) electrons. The third-order valence-corrected chi connectivity index (χ3v) is 5.34. The first-order valence-electron chi connectivity index (χ1n) is 11.0. The molecule has 1 aliphatic rings. The standard InChI is InChI=1S/C25H31ClN2O5/c1-17-15-18(5-7-20(17)23(29)28-10-13-31-14-11-28)19-6-8-22(21(26)16-19)32-12-9-27-24(30)33-25(2,3)4/h5-8,15-16H,9-14H2,1-4H3,(H,27,30). The Morgan fingerprint density at radius 1 is 1.09 bits per heavy atom. The Labute approximate surface area is 200 Å². The lowest BCUT2D eigenvalue weighted by molar-refractivity contribution is 0.0302. The molecular weight excluding hydrogens is 444 g/mol. The molecule has 2 amide bonds. The maximum atomic E-state index is 12.8. The van der Waals surface area contributed by atoms with Gasteiger partial charge in [0.1, 0.15) is 18.0 Å². The SMILES string of the molecule is Cc1cc(-c2ccc(OCCNC(=O)OC(C)(C)C)c(Cl)c2)ccc1C(=O)N1CCOCC1. The molecule has 33 heavy (non-hydrogen) atoms. The van der Waals surface area contributed by atoms with Crippen LogP contribution in [0, 0.1) is 6.92 Å². The van der Waals surface area contributed by atoms with Crippen LogP contribution in [0.25, 0.3) is 11.1 Å². The van der Waals surface area contributed by atoms with Crippen LogP contribution in [0.15, 0.2) is 36.4 Å². The summed E-state index contributed by atoms with van der Waals surface area (Å²) in [7, 11) is 0. The number of halogens is 1. The lowest BCUT2D eigenvalue weighted by atomic mass is 9.99. The maximum Gasteiger partial charge on any atom is 0.407 e. The van der Waals surface area contributed by atoms with Gasteiger partial charge < -0.3 is 24.4 Å².